The van der Waals surface area contributed by atoms with Crippen molar-refractivity contribution < 1.29 is 56.1 Å². The molecular weight excluding hydrogens is 1020 g/mol. The number of hydrogen-bond donors (Lipinski definition) is 2. The first-order valence-electron chi connectivity index (χ1n) is 32.0. The zero-order valence-corrected chi connectivity index (χ0v) is 51.7. The molecule has 79 heavy (non-hydrogen) atoms. The minimum Gasteiger partial charge on any atom is -0.493 e. The van der Waals surface area contributed by atoms with Crippen LogP contribution in [0.3, 0.4) is 0 Å². The van der Waals surface area contributed by atoms with E-state index in [4.69, 9.17) is 52.9 Å². The lowest BCUT2D eigenvalue weighted by atomic mass is 10.0. The Balaban J connectivity index is 2.27. The summed E-state index contributed by atoms with van der Waals surface area (Å²) in [5.41, 5.74) is 9.23. The minimum absolute atomic E-state index is 0.0695. The van der Waals surface area contributed by atoms with Crippen LogP contribution in [0.5, 0.6) is 11.5 Å². The van der Waals surface area contributed by atoms with Crippen molar-refractivity contribution in [2.24, 2.45) is 5.11 Å². The minimum atomic E-state index is -3.52. The average Bonchev–Trinajstić information content (AvgIpc) is 3.44. The van der Waals surface area contributed by atoms with Crippen molar-refractivity contribution in [3.63, 3.8) is 0 Å². The molecule has 1 rings (SSSR count). The van der Waals surface area contributed by atoms with E-state index in [0.29, 0.717) is 118 Å². The first-order valence-corrected chi connectivity index (χ1v) is 34.2. The molecule has 0 aliphatic carbocycles. The van der Waals surface area contributed by atoms with Crippen LogP contribution in [0.25, 0.3) is 0 Å². The van der Waals surface area contributed by atoms with Crippen LogP contribution in [-0.4, -0.2) is 132 Å². The third-order valence-electron chi connectivity index (χ3n) is 13.7. The molecular formula is C63H119FN3O11P. The van der Waals surface area contributed by atoms with Crippen molar-refractivity contribution in [2.75, 3.05) is 132 Å². The molecule has 1 aromatic carbocycles. The molecule has 0 saturated heterocycles. The van der Waals surface area contributed by atoms with E-state index in [1.165, 1.54) is 193 Å². The van der Waals surface area contributed by atoms with Gasteiger partial charge >= 0.3 is 0 Å². The lowest BCUT2D eigenvalue weighted by molar-refractivity contribution is -0.0224. The smallest absolute Gasteiger partial charge is 0.243 e. The van der Waals surface area contributed by atoms with Crippen LogP contribution in [0.4, 0.5) is 4.20 Å². The topological polar surface area (TPSA) is 158 Å². The lowest BCUT2D eigenvalue weighted by Gasteiger charge is -2.13. The van der Waals surface area contributed by atoms with E-state index in [2.05, 4.69) is 36.4 Å². The van der Waals surface area contributed by atoms with Crippen molar-refractivity contribution in [1.29, 1.82) is 5.53 Å². The van der Waals surface area contributed by atoms with Gasteiger partial charge in [0.15, 0.2) is 0 Å². The van der Waals surface area contributed by atoms with Gasteiger partial charge in [-0.05, 0) is 30.5 Å². The Kier molecular flexibility index (Phi) is 57.2. The maximum Gasteiger partial charge on any atom is 0.243 e. The number of halogens is 1. The van der Waals surface area contributed by atoms with Gasteiger partial charge in [0.25, 0.3) is 0 Å². The number of rotatable bonds is 66. The molecule has 0 amide bonds. The normalized spacial score (nSPS) is 12.6. The number of nitrogens with one attached hydrogen (secondary N) is 2. The summed E-state index contributed by atoms with van der Waals surface area (Å²) >= 11 is 0. The van der Waals surface area contributed by atoms with Gasteiger partial charge in [0.2, 0.25) is 7.45 Å². The molecule has 0 radical (unpaired) electrons. The highest BCUT2D eigenvalue weighted by molar-refractivity contribution is 7.57. The molecule has 1 aromatic rings. The summed E-state index contributed by atoms with van der Waals surface area (Å²) in [6.45, 7) is 13.9. The number of unbranched alkanes of at least 4 members (excludes halogenated alkanes) is 30. The quantitative estimate of drug-likeness (QED) is 0.0362. The van der Waals surface area contributed by atoms with Crippen LogP contribution < -0.4 is 14.8 Å². The van der Waals surface area contributed by atoms with Crippen molar-refractivity contribution in [3.05, 3.63) is 35.7 Å². The molecule has 0 fully saturated rings. The zero-order valence-electron chi connectivity index (χ0n) is 50.8. The van der Waals surface area contributed by atoms with Gasteiger partial charge in [0, 0.05) is 25.5 Å². The van der Waals surface area contributed by atoms with E-state index in [-0.39, 0.29) is 19.4 Å². The maximum atomic E-state index is 13.0. The summed E-state index contributed by atoms with van der Waals surface area (Å²) in [5.74, 6) is 1.68. The largest absolute Gasteiger partial charge is 0.493 e. The summed E-state index contributed by atoms with van der Waals surface area (Å²) in [5, 5.41) is 7.00. The Morgan fingerprint density at radius 1 is 0.430 bits per heavy atom. The van der Waals surface area contributed by atoms with Crippen molar-refractivity contribution in [1.82, 2.24) is 5.32 Å². The second-order valence-corrected chi connectivity index (χ2v) is 23.7. The van der Waals surface area contributed by atoms with Gasteiger partial charge in [-0.15, -0.1) is 0 Å². The Morgan fingerprint density at radius 3 is 1.00 bits per heavy atom. The van der Waals surface area contributed by atoms with Gasteiger partial charge in [-0.3, -0.25) is 4.57 Å². The monoisotopic (exact) mass is 1140 g/mol. The summed E-state index contributed by atoms with van der Waals surface area (Å²) in [6, 6.07) is 6.21. The van der Waals surface area contributed by atoms with Crippen LogP contribution in [0.1, 0.15) is 225 Å². The average molecular weight is 1140 g/mol. The van der Waals surface area contributed by atoms with E-state index in [1.54, 1.807) is 6.20 Å². The van der Waals surface area contributed by atoms with Crippen molar-refractivity contribution in [3.8, 4) is 11.5 Å². The first-order chi connectivity index (χ1) is 38.9. The highest BCUT2D eigenvalue weighted by Crippen LogP contribution is 2.41. The molecule has 0 aliphatic rings. The SMILES string of the molecule is CCCCCCCCCCCCCCCCCCOc1cc(CN/C=C(/COCCOCCOCCOCCOCCOCCOCCOCCP(C)(=O)F)N=N)cc(OCCCCCCCCCCCCCCCCCC)c1. The maximum absolute atomic E-state index is 13.0. The molecule has 464 valence electrons. The molecule has 0 saturated carbocycles. The van der Waals surface area contributed by atoms with E-state index >= 15 is 0 Å². The molecule has 0 aromatic heterocycles. The zero-order chi connectivity index (χ0) is 56.9. The summed E-state index contributed by atoms with van der Waals surface area (Å²) in [4.78, 5) is 0. The van der Waals surface area contributed by atoms with E-state index in [1.807, 2.05) is 6.07 Å². The van der Waals surface area contributed by atoms with E-state index in [0.717, 1.165) is 36.6 Å². The van der Waals surface area contributed by atoms with Gasteiger partial charge in [-0.1, -0.05) is 206 Å². The fourth-order valence-corrected chi connectivity index (χ4v) is 9.37. The molecule has 1 unspecified atom stereocenters. The van der Waals surface area contributed by atoms with Crippen LogP contribution in [0, 0.1) is 5.53 Å². The Morgan fingerprint density at radius 2 is 0.709 bits per heavy atom. The second kappa shape index (κ2) is 60.4. The standard InChI is InChI=1S/C63H119FN3O11P/c1-4-6-8-10-12-14-16-18-20-22-24-26-28-30-32-34-36-77-62-54-60(55-63(56-62)78-37-35-33-31-29-27-25-23-21-19-17-15-13-11-9-7-5-2)57-66-58-61(67-65)59-76-51-50-74-47-46-72-43-42-70-39-38-69-40-41-71-44-45-73-48-49-75-52-53-79(3,64)68/h54-56,58,65-66H,4-53,57,59H2,1-3H3/b61-58-,67-65?. The third-order valence-corrected chi connectivity index (χ3v) is 14.7. The van der Waals surface area contributed by atoms with E-state index in [9.17, 15) is 8.76 Å². The molecule has 0 aliphatic heterocycles. The van der Waals surface area contributed by atoms with Crippen LogP contribution >= 0.6 is 7.45 Å². The summed E-state index contributed by atoms with van der Waals surface area (Å²) in [6.07, 6.45) is 44.9. The van der Waals surface area contributed by atoms with Crippen molar-refractivity contribution >= 4 is 7.45 Å². The molecule has 16 heteroatoms. The molecule has 2 N–H and O–H groups in total. The molecule has 1 atom stereocenters. The Labute approximate surface area is 482 Å². The summed E-state index contributed by atoms with van der Waals surface area (Å²) in [7, 11) is -3.52. The van der Waals surface area contributed by atoms with Gasteiger partial charge < -0.3 is 52.7 Å². The van der Waals surface area contributed by atoms with Crippen molar-refractivity contribution in [2.45, 2.75) is 226 Å². The number of ether oxygens (including phenoxy) is 10. The summed E-state index contributed by atoms with van der Waals surface area (Å²) < 4.78 is 80.6. The molecule has 0 spiro atoms. The van der Waals surface area contributed by atoms with Gasteiger partial charge in [-0.25, -0.2) is 5.53 Å². The number of benzene rings is 1. The van der Waals surface area contributed by atoms with Gasteiger partial charge in [0.05, 0.1) is 125 Å². The fraction of sp³-hybridized carbons (Fsp3) is 0.873. The molecule has 0 bridgehead atoms. The van der Waals surface area contributed by atoms with Gasteiger partial charge in [-0.2, -0.15) is 9.31 Å². The highest BCUT2D eigenvalue weighted by Gasteiger charge is 2.11. The first kappa shape index (κ1) is 74.8. The lowest BCUT2D eigenvalue weighted by Crippen LogP contribution is -2.15. The highest BCUT2D eigenvalue weighted by atomic mass is 31.2. The third kappa shape index (κ3) is 57.4. The number of hydrogen-bond acceptors (Lipinski definition) is 14. The van der Waals surface area contributed by atoms with Crippen LogP contribution in [-0.2, 0) is 49.0 Å². The van der Waals surface area contributed by atoms with Crippen LogP contribution in [0.15, 0.2) is 35.2 Å². The molecule has 0 heterocycles. The molecule has 14 nitrogen and oxygen atoms in total. The number of nitrogens with zero attached hydrogens (tertiary/aromatic N) is 1. The Hall–Kier alpha value is -2.20. The predicted octanol–water partition coefficient (Wildman–Crippen LogP) is 16.9. The second-order valence-electron chi connectivity index (χ2n) is 21.3. The van der Waals surface area contributed by atoms with Gasteiger partial charge in [0.1, 0.15) is 17.2 Å². The van der Waals surface area contributed by atoms with Crippen LogP contribution in [0.2, 0.25) is 0 Å². The van der Waals surface area contributed by atoms with E-state index < -0.39 is 7.45 Å². The predicted molar refractivity (Wildman–Crippen MR) is 323 cm³/mol. The Bertz CT molecular complexity index is 1460. The fourth-order valence-electron chi connectivity index (χ4n) is 8.92.